The summed E-state index contributed by atoms with van der Waals surface area (Å²) in [6, 6.07) is 19.8. The highest BCUT2D eigenvalue weighted by Gasteiger charge is 2.17. The summed E-state index contributed by atoms with van der Waals surface area (Å²) in [5, 5.41) is 3.36. The van der Waals surface area contributed by atoms with Crippen molar-refractivity contribution < 1.29 is 18.7 Å². The SMILES string of the molecule is CSc1ccc(NC(=O)COC(=O)c2cc(-c3ccco3)nc3ccccc23)cc1. The second-order valence-corrected chi connectivity index (χ2v) is 7.28. The number of amides is 1. The molecule has 0 aliphatic rings. The third-order valence-corrected chi connectivity index (χ3v) is 5.16. The molecule has 0 saturated carbocycles. The number of nitrogens with one attached hydrogen (secondary N) is 1. The molecule has 0 saturated heterocycles. The van der Waals surface area contributed by atoms with E-state index in [0.29, 0.717) is 33.6 Å². The van der Waals surface area contributed by atoms with Crippen molar-refractivity contribution in [1.82, 2.24) is 4.98 Å². The molecule has 4 rings (SSSR count). The lowest BCUT2D eigenvalue weighted by Gasteiger charge is -2.10. The van der Waals surface area contributed by atoms with Gasteiger partial charge in [0.2, 0.25) is 0 Å². The Kier molecular flexibility index (Phi) is 5.81. The first-order valence-corrected chi connectivity index (χ1v) is 10.4. The van der Waals surface area contributed by atoms with Crippen LogP contribution < -0.4 is 5.32 Å². The number of pyridine rings is 1. The lowest BCUT2D eigenvalue weighted by atomic mass is 10.1. The summed E-state index contributed by atoms with van der Waals surface area (Å²) in [5.74, 6) is -0.472. The van der Waals surface area contributed by atoms with Crippen LogP contribution in [0.1, 0.15) is 10.4 Å². The summed E-state index contributed by atoms with van der Waals surface area (Å²) in [4.78, 5) is 30.6. The first kappa shape index (κ1) is 19.7. The number of hydrogen-bond acceptors (Lipinski definition) is 6. The maximum absolute atomic E-state index is 12.8. The van der Waals surface area contributed by atoms with Crippen molar-refractivity contribution in [3.8, 4) is 11.5 Å². The van der Waals surface area contributed by atoms with Gasteiger partial charge in [-0.05, 0) is 54.8 Å². The molecule has 0 fully saturated rings. The van der Waals surface area contributed by atoms with Crippen molar-refractivity contribution in [2.45, 2.75) is 4.90 Å². The zero-order valence-electron chi connectivity index (χ0n) is 16.1. The van der Waals surface area contributed by atoms with Gasteiger partial charge >= 0.3 is 5.97 Å². The topological polar surface area (TPSA) is 81.4 Å². The number of carbonyl (C=O) groups is 2. The number of thioether (sulfide) groups is 1. The number of ether oxygens (including phenoxy) is 1. The Bertz CT molecular complexity index is 1190. The van der Waals surface area contributed by atoms with Crippen molar-refractivity contribution in [2.75, 3.05) is 18.2 Å². The molecular weight excluding hydrogens is 400 g/mol. The lowest BCUT2D eigenvalue weighted by molar-refractivity contribution is -0.119. The Morgan fingerprint density at radius 1 is 1.07 bits per heavy atom. The van der Waals surface area contributed by atoms with Gasteiger partial charge in [0.15, 0.2) is 12.4 Å². The molecule has 0 atom stereocenters. The molecule has 7 heteroatoms. The number of esters is 1. The number of furan rings is 1. The summed E-state index contributed by atoms with van der Waals surface area (Å²) < 4.78 is 10.7. The predicted octanol–water partition coefficient (Wildman–Crippen LogP) is 5.01. The first-order chi connectivity index (χ1) is 14.6. The van der Waals surface area contributed by atoms with Gasteiger partial charge in [0, 0.05) is 16.0 Å². The number of anilines is 1. The van der Waals surface area contributed by atoms with Crippen LogP contribution in [0.2, 0.25) is 0 Å². The van der Waals surface area contributed by atoms with Crippen LogP contribution in [0.25, 0.3) is 22.4 Å². The van der Waals surface area contributed by atoms with Crippen LogP contribution in [0, 0.1) is 0 Å². The van der Waals surface area contributed by atoms with Gasteiger partial charge in [-0.2, -0.15) is 0 Å². The molecule has 2 aromatic carbocycles. The number of carbonyl (C=O) groups excluding carboxylic acids is 2. The fraction of sp³-hybridized carbons (Fsp3) is 0.0870. The third-order valence-electron chi connectivity index (χ3n) is 4.42. The highest BCUT2D eigenvalue weighted by Crippen LogP contribution is 2.25. The average Bonchev–Trinajstić information content (AvgIpc) is 3.32. The highest BCUT2D eigenvalue weighted by atomic mass is 32.2. The van der Waals surface area contributed by atoms with E-state index >= 15 is 0 Å². The standard InChI is InChI=1S/C23H18N2O4S/c1-30-16-10-8-15(9-11-16)24-22(26)14-29-23(27)18-13-20(21-7-4-12-28-21)25-19-6-3-2-5-17(18)19/h2-13H,14H2,1H3,(H,24,26). The maximum Gasteiger partial charge on any atom is 0.339 e. The molecule has 0 spiro atoms. The summed E-state index contributed by atoms with van der Waals surface area (Å²) in [7, 11) is 0. The van der Waals surface area contributed by atoms with Crippen LogP contribution in [0.4, 0.5) is 5.69 Å². The van der Waals surface area contributed by atoms with Crippen molar-refractivity contribution in [3.05, 3.63) is 78.6 Å². The number of nitrogens with zero attached hydrogens (tertiary/aromatic N) is 1. The largest absolute Gasteiger partial charge is 0.463 e. The van der Waals surface area contributed by atoms with Gasteiger partial charge in [-0.1, -0.05) is 18.2 Å². The fourth-order valence-corrected chi connectivity index (χ4v) is 3.38. The molecular formula is C23H18N2O4S. The highest BCUT2D eigenvalue weighted by molar-refractivity contribution is 7.98. The smallest absolute Gasteiger partial charge is 0.339 e. The van der Waals surface area contributed by atoms with Crippen LogP contribution >= 0.6 is 11.8 Å². The van der Waals surface area contributed by atoms with Crippen LogP contribution in [0.5, 0.6) is 0 Å². The van der Waals surface area contributed by atoms with Gasteiger partial charge < -0.3 is 14.5 Å². The second kappa shape index (κ2) is 8.84. The maximum atomic E-state index is 12.8. The third kappa shape index (κ3) is 4.36. The quantitative estimate of drug-likeness (QED) is 0.350. The minimum atomic E-state index is -0.603. The lowest BCUT2D eigenvalue weighted by Crippen LogP contribution is -2.21. The van der Waals surface area contributed by atoms with Gasteiger partial charge in [0.05, 0.1) is 17.3 Å². The van der Waals surface area contributed by atoms with E-state index in [1.54, 1.807) is 54.4 Å². The van der Waals surface area contributed by atoms with Gasteiger partial charge in [0.1, 0.15) is 5.69 Å². The van der Waals surface area contributed by atoms with Crippen molar-refractivity contribution in [3.63, 3.8) is 0 Å². The van der Waals surface area contributed by atoms with Crippen LogP contribution in [-0.4, -0.2) is 29.7 Å². The van der Waals surface area contributed by atoms with Crippen LogP contribution in [0.3, 0.4) is 0 Å². The Morgan fingerprint density at radius 3 is 2.60 bits per heavy atom. The minimum absolute atomic E-state index is 0.323. The van der Waals surface area contributed by atoms with E-state index in [4.69, 9.17) is 9.15 Å². The van der Waals surface area contributed by atoms with Crippen molar-refractivity contribution in [2.24, 2.45) is 0 Å². The van der Waals surface area contributed by atoms with Crippen molar-refractivity contribution in [1.29, 1.82) is 0 Å². The molecule has 2 heterocycles. The molecule has 0 aliphatic heterocycles. The summed E-state index contributed by atoms with van der Waals surface area (Å²) in [6.45, 7) is -0.393. The normalized spacial score (nSPS) is 10.7. The zero-order valence-corrected chi connectivity index (χ0v) is 16.9. The molecule has 6 nitrogen and oxygen atoms in total. The Morgan fingerprint density at radius 2 is 1.87 bits per heavy atom. The average molecular weight is 418 g/mol. The van der Waals surface area contributed by atoms with E-state index in [-0.39, 0.29) is 0 Å². The monoisotopic (exact) mass is 418 g/mol. The van der Waals surface area contributed by atoms with E-state index < -0.39 is 18.5 Å². The van der Waals surface area contributed by atoms with E-state index in [0.717, 1.165) is 4.90 Å². The van der Waals surface area contributed by atoms with E-state index in [2.05, 4.69) is 10.3 Å². The molecule has 30 heavy (non-hydrogen) atoms. The van der Waals surface area contributed by atoms with Crippen molar-refractivity contribution >= 4 is 40.2 Å². The van der Waals surface area contributed by atoms with E-state index in [1.165, 1.54) is 0 Å². The minimum Gasteiger partial charge on any atom is -0.463 e. The number of para-hydroxylation sites is 1. The Hall–Kier alpha value is -3.58. The predicted molar refractivity (Wildman–Crippen MR) is 117 cm³/mol. The fourth-order valence-electron chi connectivity index (χ4n) is 2.98. The Labute approximate surface area is 177 Å². The number of rotatable bonds is 6. The van der Waals surface area contributed by atoms with Gasteiger partial charge in [-0.3, -0.25) is 4.79 Å². The molecule has 1 amide bonds. The molecule has 150 valence electrons. The molecule has 0 aliphatic carbocycles. The number of hydrogen-bond donors (Lipinski definition) is 1. The van der Waals surface area contributed by atoms with E-state index in [1.807, 2.05) is 36.6 Å². The van der Waals surface area contributed by atoms with Gasteiger partial charge in [0.25, 0.3) is 5.91 Å². The van der Waals surface area contributed by atoms with Gasteiger partial charge in [-0.25, -0.2) is 9.78 Å². The number of fused-ring (bicyclic) bond motifs is 1. The summed E-state index contributed by atoms with van der Waals surface area (Å²) in [5.41, 5.74) is 2.12. The number of benzene rings is 2. The second-order valence-electron chi connectivity index (χ2n) is 6.40. The summed E-state index contributed by atoms with van der Waals surface area (Å²) in [6.07, 6.45) is 3.52. The molecule has 0 bridgehead atoms. The Balaban J connectivity index is 1.50. The molecule has 1 N–H and O–H groups in total. The van der Waals surface area contributed by atoms with E-state index in [9.17, 15) is 9.59 Å². The first-order valence-electron chi connectivity index (χ1n) is 9.19. The zero-order chi connectivity index (χ0) is 20.9. The van der Waals surface area contributed by atoms with Gasteiger partial charge in [-0.15, -0.1) is 11.8 Å². The number of aromatic nitrogens is 1. The molecule has 0 radical (unpaired) electrons. The summed E-state index contributed by atoms with van der Waals surface area (Å²) >= 11 is 1.62. The molecule has 2 aromatic heterocycles. The van der Waals surface area contributed by atoms with Crippen LogP contribution in [-0.2, 0) is 9.53 Å². The van der Waals surface area contributed by atoms with Crippen LogP contribution in [0.15, 0.2) is 82.3 Å². The molecule has 0 unspecified atom stereocenters. The molecule has 4 aromatic rings.